The highest BCUT2D eigenvalue weighted by Gasteiger charge is 2.15. The molecule has 4 aromatic rings. The molecule has 0 aliphatic carbocycles. The zero-order chi connectivity index (χ0) is 23.3. The van der Waals surface area contributed by atoms with Gasteiger partial charge in [-0.3, -0.25) is 4.72 Å². The van der Waals surface area contributed by atoms with Gasteiger partial charge in [-0.2, -0.15) is 5.26 Å². The number of ether oxygens (including phenoxy) is 2. The number of benzene rings is 3. The second kappa shape index (κ2) is 9.42. The molecule has 0 atom stereocenters. The Morgan fingerprint density at radius 1 is 1.00 bits per heavy atom. The van der Waals surface area contributed by atoms with Gasteiger partial charge in [-0.05, 0) is 66.7 Å². The summed E-state index contributed by atoms with van der Waals surface area (Å²) in [7, 11) is -2.23. The highest BCUT2D eigenvalue weighted by atomic mass is 32.2. The largest absolute Gasteiger partial charge is 0.497 e. The number of rotatable bonds is 8. The number of nitrogens with zero attached hydrogens (tertiary/aromatic N) is 3. The van der Waals surface area contributed by atoms with Crippen LogP contribution in [0.4, 0.5) is 5.69 Å². The molecule has 166 valence electrons. The molecule has 9 nitrogen and oxygen atoms in total. The SMILES string of the molecule is COc1ccc(-c2nnc(COc3ccc(NS(=O)(=O)c4cccc(C#N)c4)cc3)o2)cc1. The molecule has 0 bridgehead atoms. The Bertz CT molecular complexity index is 1390. The maximum Gasteiger partial charge on any atom is 0.261 e. The standard InChI is InChI=1S/C23H18N4O5S/c1-30-19-9-5-17(6-10-19)23-26-25-22(32-23)15-31-20-11-7-18(8-12-20)27-33(28,29)21-4-2-3-16(13-21)14-24/h2-13,27H,15H2,1H3. The van der Waals surface area contributed by atoms with Crippen LogP contribution in [0.15, 0.2) is 82.1 Å². The summed E-state index contributed by atoms with van der Waals surface area (Å²) >= 11 is 0. The van der Waals surface area contributed by atoms with Crippen molar-refractivity contribution >= 4 is 15.7 Å². The third-order valence-electron chi connectivity index (χ3n) is 4.55. The van der Waals surface area contributed by atoms with Crippen molar-refractivity contribution < 1.29 is 22.3 Å². The maximum absolute atomic E-state index is 12.5. The van der Waals surface area contributed by atoms with Crippen LogP contribution in [0.2, 0.25) is 0 Å². The van der Waals surface area contributed by atoms with Crippen molar-refractivity contribution in [3.05, 3.63) is 84.3 Å². The molecule has 3 aromatic carbocycles. The minimum Gasteiger partial charge on any atom is -0.497 e. The minimum atomic E-state index is -3.83. The van der Waals surface area contributed by atoms with E-state index in [9.17, 15) is 8.42 Å². The van der Waals surface area contributed by atoms with Gasteiger partial charge in [0.1, 0.15) is 11.5 Å². The first-order valence-electron chi connectivity index (χ1n) is 9.69. The lowest BCUT2D eigenvalue weighted by molar-refractivity contribution is 0.264. The van der Waals surface area contributed by atoms with Crippen LogP contribution in [0.5, 0.6) is 11.5 Å². The molecule has 0 radical (unpaired) electrons. The van der Waals surface area contributed by atoms with Gasteiger partial charge < -0.3 is 13.9 Å². The molecule has 1 aromatic heterocycles. The van der Waals surface area contributed by atoms with Gasteiger partial charge in [0.15, 0.2) is 6.61 Å². The second-order valence-electron chi connectivity index (χ2n) is 6.79. The summed E-state index contributed by atoms with van der Waals surface area (Å²) in [6.07, 6.45) is 0. The smallest absolute Gasteiger partial charge is 0.261 e. The van der Waals surface area contributed by atoms with Crippen LogP contribution in [-0.4, -0.2) is 25.7 Å². The summed E-state index contributed by atoms with van der Waals surface area (Å²) in [6, 6.07) is 21.3. The lowest BCUT2D eigenvalue weighted by atomic mass is 10.2. The number of hydrogen-bond acceptors (Lipinski definition) is 8. The molecule has 0 fully saturated rings. The van der Waals surface area contributed by atoms with Gasteiger partial charge >= 0.3 is 0 Å². The molecule has 0 saturated carbocycles. The third-order valence-corrected chi connectivity index (χ3v) is 5.93. The van der Waals surface area contributed by atoms with Crippen molar-refractivity contribution in [3.8, 4) is 29.0 Å². The van der Waals surface area contributed by atoms with E-state index in [0.717, 1.165) is 11.3 Å². The monoisotopic (exact) mass is 462 g/mol. The fourth-order valence-corrected chi connectivity index (χ4v) is 3.98. The van der Waals surface area contributed by atoms with E-state index in [2.05, 4.69) is 14.9 Å². The van der Waals surface area contributed by atoms with Crippen LogP contribution < -0.4 is 14.2 Å². The van der Waals surface area contributed by atoms with Gasteiger partial charge in [-0.15, -0.1) is 10.2 Å². The van der Waals surface area contributed by atoms with E-state index in [1.165, 1.54) is 24.3 Å². The zero-order valence-corrected chi connectivity index (χ0v) is 18.2. The molecule has 0 unspecified atom stereocenters. The zero-order valence-electron chi connectivity index (χ0n) is 17.4. The van der Waals surface area contributed by atoms with E-state index in [0.29, 0.717) is 23.2 Å². The third kappa shape index (κ3) is 5.28. The van der Waals surface area contributed by atoms with Crippen molar-refractivity contribution in [2.45, 2.75) is 11.5 Å². The molecular weight excluding hydrogens is 444 g/mol. The molecular formula is C23H18N4O5S. The molecule has 4 rings (SSSR count). The average Bonchev–Trinajstić information content (AvgIpc) is 3.32. The lowest BCUT2D eigenvalue weighted by Crippen LogP contribution is -2.13. The Balaban J connectivity index is 1.37. The van der Waals surface area contributed by atoms with E-state index < -0.39 is 10.0 Å². The van der Waals surface area contributed by atoms with Crippen LogP contribution in [0, 0.1) is 11.3 Å². The van der Waals surface area contributed by atoms with Crippen molar-refractivity contribution in [1.29, 1.82) is 5.26 Å². The number of hydrogen-bond donors (Lipinski definition) is 1. The Morgan fingerprint density at radius 3 is 2.42 bits per heavy atom. The topological polar surface area (TPSA) is 127 Å². The molecule has 1 heterocycles. The fourth-order valence-electron chi connectivity index (χ4n) is 2.87. The lowest BCUT2D eigenvalue weighted by Gasteiger charge is -2.09. The number of aromatic nitrogens is 2. The van der Waals surface area contributed by atoms with E-state index in [1.807, 2.05) is 18.2 Å². The highest BCUT2D eigenvalue weighted by molar-refractivity contribution is 7.92. The van der Waals surface area contributed by atoms with E-state index in [4.69, 9.17) is 19.2 Å². The number of nitrogens with one attached hydrogen (secondary N) is 1. The van der Waals surface area contributed by atoms with Crippen LogP contribution >= 0.6 is 0 Å². The van der Waals surface area contributed by atoms with Gasteiger partial charge in [0.2, 0.25) is 5.89 Å². The van der Waals surface area contributed by atoms with E-state index in [-0.39, 0.29) is 17.1 Å². The van der Waals surface area contributed by atoms with Crippen molar-refractivity contribution in [2.75, 3.05) is 11.8 Å². The average molecular weight is 462 g/mol. The van der Waals surface area contributed by atoms with Crippen LogP contribution in [0.3, 0.4) is 0 Å². The summed E-state index contributed by atoms with van der Waals surface area (Å²) in [5.41, 5.74) is 1.37. The van der Waals surface area contributed by atoms with Gasteiger partial charge in [0.05, 0.1) is 23.6 Å². The van der Waals surface area contributed by atoms with E-state index in [1.54, 1.807) is 43.5 Å². The molecule has 33 heavy (non-hydrogen) atoms. The summed E-state index contributed by atoms with van der Waals surface area (Å²) in [5.74, 6) is 1.88. The van der Waals surface area contributed by atoms with Gasteiger partial charge in [0.25, 0.3) is 15.9 Å². The Morgan fingerprint density at radius 2 is 1.73 bits per heavy atom. The number of methoxy groups -OCH3 is 1. The fraction of sp³-hybridized carbons (Fsp3) is 0.0870. The molecule has 0 amide bonds. The van der Waals surface area contributed by atoms with Crippen molar-refractivity contribution in [1.82, 2.24) is 10.2 Å². The quantitative estimate of drug-likeness (QED) is 0.416. The highest BCUT2D eigenvalue weighted by Crippen LogP contribution is 2.23. The number of sulfonamides is 1. The molecule has 0 spiro atoms. The summed E-state index contributed by atoms with van der Waals surface area (Å²) in [6.45, 7) is 0.0508. The molecule has 0 aliphatic rings. The maximum atomic E-state index is 12.5. The Labute approximate surface area is 190 Å². The van der Waals surface area contributed by atoms with Crippen LogP contribution in [0.1, 0.15) is 11.5 Å². The minimum absolute atomic E-state index is 0.00549. The summed E-state index contributed by atoms with van der Waals surface area (Å²) in [5, 5.41) is 17.0. The normalized spacial score (nSPS) is 10.9. The second-order valence-corrected chi connectivity index (χ2v) is 8.47. The Hall–Kier alpha value is -4.36. The number of nitriles is 1. The van der Waals surface area contributed by atoms with Crippen molar-refractivity contribution in [3.63, 3.8) is 0 Å². The molecule has 10 heteroatoms. The van der Waals surface area contributed by atoms with Gasteiger partial charge in [-0.25, -0.2) is 8.42 Å². The molecule has 0 saturated heterocycles. The van der Waals surface area contributed by atoms with Crippen LogP contribution in [0.25, 0.3) is 11.5 Å². The van der Waals surface area contributed by atoms with Gasteiger partial charge in [0, 0.05) is 11.3 Å². The first-order valence-corrected chi connectivity index (χ1v) is 11.2. The predicted octanol–water partition coefficient (Wildman–Crippen LogP) is 4.00. The Kier molecular flexibility index (Phi) is 6.24. The summed E-state index contributed by atoms with van der Waals surface area (Å²) in [4.78, 5) is 0.00549. The first-order chi connectivity index (χ1) is 16.0. The number of anilines is 1. The van der Waals surface area contributed by atoms with E-state index >= 15 is 0 Å². The first kappa shape index (κ1) is 21.9. The summed E-state index contributed by atoms with van der Waals surface area (Å²) < 4.78 is 43.9. The van der Waals surface area contributed by atoms with Crippen molar-refractivity contribution in [2.24, 2.45) is 0 Å². The van der Waals surface area contributed by atoms with Gasteiger partial charge in [-0.1, -0.05) is 6.07 Å². The predicted molar refractivity (Wildman–Crippen MR) is 119 cm³/mol. The molecule has 1 N–H and O–H groups in total. The van der Waals surface area contributed by atoms with Crippen LogP contribution in [-0.2, 0) is 16.6 Å². The molecule has 0 aliphatic heterocycles.